The van der Waals surface area contributed by atoms with Crippen LogP contribution in [-0.2, 0) is 4.74 Å². The second-order valence-corrected chi connectivity index (χ2v) is 3.22. The Bertz CT molecular complexity index is 590. The Morgan fingerprint density at radius 2 is 2.11 bits per heavy atom. The Kier molecular flexibility index (Phi) is 5.05. The van der Waals surface area contributed by atoms with E-state index >= 15 is 0 Å². The molecule has 1 heterocycles. The van der Waals surface area contributed by atoms with Gasteiger partial charge in [0.05, 0.1) is 23.8 Å². The standard InChI is InChI=1S/C11H10N2O3.C2H6/c1-2-16-11(15)7-3-4-8-6-12-13-10(14)9(8)5-7;1-2/h3-6H,2H2,1H3,(H,13,14);1-2H3. The summed E-state index contributed by atoms with van der Waals surface area (Å²) in [6, 6.07) is 4.79. The van der Waals surface area contributed by atoms with Crippen LogP contribution < -0.4 is 5.56 Å². The largest absolute Gasteiger partial charge is 0.462 e. The highest BCUT2D eigenvalue weighted by atomic mass is 16.5. The highest BCUT2D eigenvalue weighted by Crippen LogP contribution is 2.11. The van der Waals surface area contributed by atoms with E-state index in [1.54, 1.807) is 19.1 Å². The second-order valence-electron chi connectivity index (χ2n) is 3.22. The van der Waals surface area contributed by atoms with E-state index in [9.17, 15) is 9.59 Å². The lowest BCUT2D eigenvalue weighted by Crippen LogP contribution is -2.10. The average Bonchev–Trinajstić information content (AvgIpc) is 2.41. The van der Waals surface area contributed by atoms with Crippen LogP contribution in [0, 0.1) is 0 Å². The van der Waals surface area contributed by atoms with Gasteiger partial charge < -0.3 is 4.74 Å². The van der Waals surface area contributed by atoms with Gasteiger partial charge in [-0.1, -0.05) is 19.9 Å². The maximum absolute atomic E-state index is 11.4. The molecule has 1 aromatic heterocycles. The van der Waals surface area contributed by atoms with Gasteiger partial charge in [0.15, 0.2) is 0 Å². The molecule has 0 spiro atoms. The van der Waals surface area contributed by atoms with Crippen LogP contribution in [0.1, 0.15) is 31.1 Å². The summed E-state index contributed by atoms with van der Waals surface area (Å²) in [5, 5.41) is 7.11. The Morgan fingerprint density at radius 1 is 1.39 bits per heavy atom. The van der Waals surface area contributed by atoms with E-state index in [4.69, 9.17) is 4.74 Å². The summed E-state index contributed by atoms with van der Waals surface area (Å²) in [4.78, 5) is 22.9. The minimum atomic E-state index is -0.430. The number of nitrogens with zero attached hydrogens (tertiary/aromatic N) is 1. The highest BCUT2D eigenvalue weighted by Gasteiger charge is 2.08. The van der Waals surface area contributed by atoms with Gasteiger partial charge in [0.25, 0.3) is 5.56 Å². The number of esters is 1. The van der Waals surface area contributed by atoms with E-state index in [0.29, 0.717) is 22.9 Å². The first-order chi connectivity index (χ1) is 8.72. The van der Waals surface area contributed by atoms with E-state index in [1.807, 2.05) is 13.8 Å². The van der Waals surface area contributed by atoms with Gasteiger partial charge in [0, 0.05) is 5.39 Å². The summed E-state index contributed by atoms with van der Waals surface area (Å²) in [7, 11) is 0. The van der Waals surface area contributed by atoms with E-state index < -0.39 is 5.97 Å². The van der Waals surface area contributed by atoms with Crippen LogP contribution in [0.25, 0.3) is 10.8 Å². The lowest BCUT2D eigenvalue weighted by atomic mass is 10.1. The van der Waals surface area contributed by atoms with Crippen LogP contribution in [0.5, 0.6) is 0 Å². The predicted octanol–water partition coefficient (Wildman–Crippen LogP) is 2.13. The summed E-state index contributed by atoms with van der Waals surface area (Å²) in [5.74, 6) is -0.430. The van der Waals surface area contributed by atoms with E-state index in [0.717, 1.165) is 0 Å². The lowest BCUT2D eigenvalue weighted by Gasteiger charge is -2.02. The molecule has 0 bridgehead atoms. The molecule has 1 aromatic carbocycles. The quantitative estimate of drug-likeness (QED) is 0.826. The maximum atomic E-state index is 11.4. The number of aromatic nitrogens is 2. The minimum absolute atomic E-state index is 0.309. The fourth-order valence-electron chi connectivity index (χ4n) is 1.43. The number of rotatable bonds is 2. The van der Waals surface area contributed by atoms with Crippen molar-refractivity contribution in [3.05, 3.63) is 40.3 Å². The smallest absolute Gasteiger partial charge is 0.338 e. The van der Waals surface area contributed by atoms with Gasteiger partial charge in [-0.05, 0) is 19.1 Å². The molecule has 2 rings (SSSR count). The zero-order chi connectivity index (χ0) is 13.5. The molecule has 0 aliphatic carbocycles. The van der Waals surface area contributed by atoms with Crippen LogP contribution in [0.4, 0.5) is 0 Å². The van der Waals surface area contributed by atoms with Gasteiger partial charge in [0.2, 0.25) is 0 Å². The number of hydrogen-bond acceptors (Lipinski definition) is 4. The van der Waals surface area contributed by atoms with E-state index in [-0.39, 0.29) is 5.56 Å². The van der Waals surface area contributed by atoms with Crippen molar-refractivity contribution in [3.8, 4) is 0 Å². The SMILES string of the molecule is CC.CCOC(=O)c1ccc2cn[nH]c(=O)c2c1. The molecule has 0 saturated carbocycles. The summed E-state index contributed by atoms with van der Waals surface area (Å²) in [6.07, 6.45) is 1.53. The van der Waals surface area contributed by atoms with E-state index in [2.05, 4.69) is 10.2 Å². The number of hydrogen-bond donors (Lipinski definition) is 1. The van der Waals surface area contributed by atoms with Gasteiger partial charge in [-0.2, -0.15) is 5.10 Å². The molecule has 0 radical (unpaired) electrons. The van der Waals surface area contributed by atoms with Crippen LogP contribution in [0.15, 0.2) is 29.2 Å². The molecule has 18 heavy (non-hydrogen) atoms. The Labute approximate surface area is 105 Å². The third-order valence-electron chi connectivity index (χ3n) is 2.18. The van der Waals surface area contributed by atoms with Crippen molar-refractivity contribution in [2.45, 2.75) is 20.8 Å². The monoisotopic (exact) mass is 248 g/mol. The normalized spacial score (nSPS) is 9.50. The molecule has 0 saturated heterocycles. The van der Waals surface area contributed by atoms with Crippen LogP contribution in [0.3, 0.4) is 0 Å². The van der Waals surface area contributed by atoms with Gasteiger partial charge in [0.1, 0.15) is 0 Å². The number of H-pyrrole nitrogens is 1. The first kappa shape index (κ1) is 13.9. The zero-order valence-electron chi connectivity index (χ0n) is 10.7. The fraction of sp³-hybridized carbons (Fsp3) is 0.308. The predicted molar refractivity (Wildman–Crippen MR) is 69.7 cm³/mol. The molecule has 0 aliphatic rings. The van der Waals surface area contributed by atoms with Crippen molar-refractivity contribution in [1.82, 2.24) is 10.2 Å². The highest BCUT2D eigenvalue weighted by molar-refractivity contribution is 5.94. The second kappa shape index (κ2) is 6.54. The van der Waals surface area contributed by atoms with Crippen molar-refractivity contribution in [2.75, 3.05) is 6.61 Å². The summed E-state index contributed by atoms with van der Waals surface area (Å²) < 4.78 is 4.85. The minimum Gasteiger partial charge on any atom is -0.462 e. The van der Waals surface area contributed by atoms with Crippen molar-refractivity contribution in [1.29, 1.82) is 0 Å². The molecule has 5 nitrogen and oxygen atoms in total. The molecular formula is C13H16N2O3. The summed E-state index contributed by atoms with van der Waals surface area (Å²) in [5.41, 5.74) is 0.0506. The molecule has 2 aromatic rings. The molecular weight excluding hydrogens is 232 g/mol. The molecule has 0 atom stereocenters. The number of benzene rings is 1. The molecule has 0 aliphatic heterocycles. The summed E-state index contributed by atoms with van der Waals surface area (Å²) >= 11 is 0. The first-order valence-electron chi connectivity index (χ1n) is 5.87. The van der Waals surface area contributed by atoms with Crippen molar-refractivity contribution < 1.29 is 9.53 Å². The third kappa shape index (κ3) is 2.94. The topological polar surface area (TPSA) is 72.0 Å². The molecule has 96 valence electrons. The average molecular weight is 248 g/mol. The van der Waals surface area contributed by atoms with Gasteiger partial charge in [-0.3, -0.25) is 4.79 Å². The molecule has 0 fully saturated rings. The first-order valence-corrected chi connectivity index (χ1v) is 5.87. The van der Waals surface area contributed by atoms with Gasteiger partial charge in [-0.25, -0.2) is 9.89 Å². The Morgan fingerprint density at radius 3 is 2.78 bits per heavy atom. The molecule has 5 heteroatoms. The molecule has 0 amide bonds. The lowest BCUT2D eigenvalue weighted by molar-refractivity contribution is 0.0526. The molecule has 1 N–H and O–H groups in total. The van der Waals surface area contributed by atoms with Crippen molar-refractivity contribution in [2.24, 2.45) is 0 Å². The van der Waals surface area contributed by atoms with E-state index in [1.165, 1.54) is 12.3 Å². The van der Waals surface area contributed by atoms with Crippen molar-refractivity contribution in [3.63, 3.8) is 0 Å². The number of carbonyl (C=O) groups excluding carboxylic acids is 1. The fourth-order valence-corrected chi connectivity index (χ4v) is 1.43. The van der Waals surface area contributed by atoms with Crippen LogP contribution in [0.2, 0.25) is 0 Å². The maximum Gasteiger partial charge on any atom is 0.338 e. The number of ether oxygens (including phenoxy) is 1. The summed E-state index contributed by atoms with van der Waals surface area (Å²) in [6.45, 7) is 6.04. The van der Waals surface area contributed by atoms with Crippen molar-refractivity contribution >= 4 is 16.7 Å². The third-order valence-corrected chi connectivity index (χ3v) is 2.18. The zero-order valence-corrected chi connectivity index (χ0v) is 10.7. The van der Waals surface area contributed by atoms with Crippen LogP contribution in [-0.4, -0.2) is 22.8 Å². The number of fused-ring (bicyclic) bond motifs is 1. The Hall–Kier alpha value is -2.17. The number of nitrogens with one attached hydrogen (secondary N) is 1. The van der Waals surface area contributed by atoms with Gasteiger partial charge in [-0.15, -0.1) is 0 Å². The Balaban J connectivity index is 0.000000771. The van der Waals surface area contributed by atoms with Gasteiger partial charge >= 0.3 is 5.97 Å². The molecule has 0 unspecified atom stereocenters. The van der Waals surface area contributed by atoms with Crippen LogP contribution >= 0.6 is 0 Å². The number of carbonyl (C=O) groups is 1. The number of aromatic amines is 1.